The van der Waals surface area contributed by atoms with E-state index in [1.807, 2.05) is 12.4 Å². The Morgan fingerprint density at radius 3 is 3.12 bits per heavy atom. The predicted molar refractivity (Wildman–Crippen MR) is 34.9 cm³/mol. The van der Waals surface area contributed by atoms with Gasteiger partial charge < -0.3 is 5.32 Å². The zero-order valence-electron chi connectivity index (χ0n) is 5.02. The SMILES string of the molecule is CCC1=CNCN=C1. The maximum Gasteiger partial charge on any atom is 0.107 e. The van der Waals surface area contributed by atoms with Crippen molar-refractivity contribution < 1.29 is 0 Å². The van der Waals surface area contributed by atoms with E-state index in [0.29, 0.717) is 0 Å². The van der Waals surface area contributed by atoms with Crippen LogP contribution in [0.15, 0.2) is 16.8 Å². The van der Waals surface area contributed by atoms with Gasteiger partial charge in [-0.15, -0.1) is 0 Å². The fraction of sp³-hybridized carbons (Fsp3) is 0.500. The molecule has 0 saturated heterocycles. The first kappa shape index (κ1) is 5.35. The van der Waals surface area contributed by atoms with Gasteiger partial charge in [0.2, 0.25) is 0 Å². The van der Waals surface area contributed by atoms with Crippen LogP contribution in [0.4, 0.5) is 0 Å². The Labute approximate surface area is 49.3 Å². The van der Waals surface area contributed by atoms with Crippen molar-refractivity contribution in [2.45, 2.75) is 13.3 Å². The summed E-state index contributed by atoms with van der Waals surface area (Å²) in [6.07, 6.45) is 4.99. The summed E-state index contributed by atoms with van der Waals surface area (Å²) in [7, 11) is 0. The molecule has 0 aromatic heterocycles. The van der Waals surface area contributed by atoms with Crippen molar-refractivity contribution in [2.24, 2.45) is 4.99 Å². The van der Waals surface area contributed by atoms with Crippen LogP contribution in [0.2, 0.25) is 0 Å². The molecule has 0 amide bonds. The Balaban J connectivity index is 2.51. The summed E-state index contributed by atoms with van der Waals surface area (Å²) in [6.45, 7) is 2.86. The maximum atomic E-state index is 4.02. The summed E-state index contributed by atoms with van der Waals surface area (Å²) in [4.78, 5) is 4.02. The molecule has 0 saturated carbocycles. The highest BCUT2D eigenvalue weighted by Gasteiger charge is 1.90. The van der Waals surface area contributed by atoms with Crippen molar-refractivity contribution in [3.8, 4) is 0 Å². The summed E-state index contributed by atoms with van der Waals surface area (Å²) >= 11 is 0. The lowest BCUT2D eigenvalue weighted by atomic mass is 10.2. The number of nitrogens with zero attached hydrogens (tertiary/aromatic N) is 1. The molecule has 1 aliphatic rings. The minimum absolute atomic E-state index is 0.740. The summed E-state index contributed by atoms with van der Waals surface area (Å²) in [5.74, 6) is 0. The first-order valence-corrected chi connectivity index (χ1v) is 2.85. The van der Waals surface area contributed by atoms with Crippen molar-refractivity contribution in [1.29, 1.82) is 0 Å². The molecule has 1 rings (SSSR count). The van der Waals surface area contributed by atoms with Crippen LogP contribution in [0.25, 0.3) is 0 Å². The van der Waals surface area contributed by atoms with Crippen LogP contribution in [0, 0.1) is 0 Å². The zero-order valence-corrected chi connectivity index (χ0v) is 5.02. The highest BCUT2D eigenvalue weighted by Crippen LogP contribution is 1.96. The molecule has 0 bridgehead atoms. The van der Waals surface area contributed by atoms with Gasteiger partial charge in [0.25, 0.3) is 0 Å². The molecule has 0 aromatic carbocycles. The van der Waals surface area contributed by atoms with E-state index in [1.165, 1.54) is 5.57 Å². The lowest BCUT2D eigenvalue weighted by Gasteiger charge is -2.03. The Morgan fingerprint density at radius 2 is 2.75 bits per heavy atom. The van der Waals surface area contributed by atoms with E-state index in [2.05, 4.69) is 17.2 Å². The van der Waals surface area contributed by atoms with Crippen LogP contribution in [0.3, 0.4) is 0 Å². The minimum atomic E-state index is 0.740. The third kappa shape index (κ3) is 1.09. The fourth-order valence-corrected chi connectivity index (χ4v) is 0.623. The van der Waals surface area contributed by atoms with Crippen LogP contribution < -0.4 is 5.32 Å². The summed E-state index contributed by atoms with van der Waals surface area (Å²) < 4.78 is 0. The first-order valence-electron chi connectivity index (χ1n) is 2.85. The van der Waals surface area contributed by atoms with Gasteiger partial charge >= 0.3 is 0 Å². The summed E-state index contributed by atoms with van der Waals surface area (Å²) in [6, 6.07) is 0. The number of hydrogen-bond acceptors (Lipinski definition) is 2. The molecule has 1 N–H and O–H groups in total. The van der Waals surface area contributed by atoms with Gasteiger partial charge in [-0.3, -0.25) is 4.99 Å². The molecular weight excluding hydrogens is 100 g/mol. The Bertz CT molecular complexity index is 124. The van der Waals surface area contributed by atoms with E-state index in [0.717, 1.165) is 13.1 Å². The molecule has 2 nitrogen and oxygen atoms in total. The van der Waals surface area contributed by atoms with Crippen LogP contribution in [-0.2, 0) is 0 Å². The molecule has 0 spiro atoms. The van der Waals surface area contributed by atoms with Gasteiger partial charge in [0.15, 0.2) is 0 Å². The molecule has 0 aromatic rings. The van der Waals surface area contributed by atoms with Gasteiger partial charge in [0.1, 0.15) is 6.67 Å². The predicted octanol–water partition coefficient (Wildman–Crippen LogP) is 0.912. The molecule has 1 heterocycles. The fourth-order valence-electron chi connectivity index (χ4n) is 0.623. The average molecular weight is 110 g/mol. The van der Waals surface area contributed by atoms with Crippen molar-refractivity contribution >= 4 is 6.21 Å². The molecule has 0 atom stereocenters. The van der Waals surface area contributed by atoms with Gasteiger partial charge in [-0.25, -0.2) is 0 Å². The van der Waals surface area contributed by atoms with Gasteiger partial charge in [-0.1, -0.05) is 6.92 Å². The monoisotopic (exact) mass is 110 g/mol. The molecule has 0 fully saturated rings. The van der Waals surface area contributed by atoms with Crippen molar-refractivity contribution in [1.82, 2.24) is 5.32 Å². The third-order valence-electron chi connectivity index (χ3n) is 1.14. The van der Waals surface area contributed by atoms with Crippen molar-refractivity contribution in [3.05, 3.63) is 11.8 Å². The quantitative estimate of drug-likeness (QED) is 0.533. The Kier molecular flexibility index (Phi) is 1.67. The number of nitrogens with one attached hydrogen (secondary N) is 1. The van der Waals surface area contributed by atoms with Gasteiger partial charge in [-0.05, 0) is 12.0 Å². The van der Waals surface area contributed by atoms with E-state index in [1.54, 1.807) is 0 Å². The second-order valence-electron chi connectivity index (χ2n) is 1.75. The molecule has 8 heavy (non-hydrogen) atoms. The van der Waals surface area contributed by atoms with Crippen LogP contribution in [0.1, 0.15) is 13.3 Å². The van der Waals surface area contributed by atoms with Gasteiger partial charge in [-0.2, -0.15) is 0 Å². The largest absolute Gasteiger partial charge is 0.372 e. The van der Waals surface area contributed by atoms with Crippen LogP contribution >= 0.6 is 0 Å². The molecule has 44 valence electrons. The van der Waals surface area contributed by atoms with E-state index in [4.69, 9.17) is 0 Å². The lowest BCUT2D eigenvalue weighted by Crippen LogP contribution is -2.10. The van der Waals surface area contributed by atoms with Crippen molar-refractivity contribution in [3.63, 3.8) is 0 Å². The normalized spacial score (nSPS) is 17.4. The third-order valence-corrected chi connectivity index (χ3v) is 1.14. The number of hydrogen-bond donors (Lipinski definition) is 1. The highest BCUT2D eigenvalue weighted by atomic mass is 15.0. The summed E-state index contributed by atoms with van der Waals surface area (Å²) in [5.41, 5.74) is 1.27. The lowest BCUT2D eigenvalue weighted by molar-refractivity contribution is 0.859. The van der Waals surface area contributed by atoms with Crippen LogP contribution in [-0.4, -0.2) is 12.9 Å². The number of allylic oxidation sites excluding steroid dienone is 1. The molecule has 0 radical (unpaired) electrons. The van der Waals surface area contributed by atoms with Gasteiger partial charge in [0.05, 0.1) is 0 Å². The van der Waals surface area contributed by atoms with E-state index >= 15 is 0 Å². The molecule has 2 heteroatoms. The first-order chi connectivity index (χ1) is 3.93. The highest BCUT2D eigenvalue weighted by molar-refractivity contribution is 5.78. The molecule has 1 aliphatic heterocycles. The number of rotatable bonds is 1. The molecule has 0 unspecified atom stereocenters. The topological polar surface area (TPSA) is 24.4 Å². The average Bonchev–Trinajstić information content (AvgIpc) is 1.90. The summed E-state index contributed by atoms with van der Waals surface area (Å²) in [5, 5.41) is 3.03. The van der Waals surface area contributed by atoms with E-state index in [9.17, 15) is 0 Å². The zero-order chi connectivity index (χ0) is 5.82. The van der Waals surface area contributed by atoms with E-state index < -0.39 is 0 Å². The second-order valence-corrected chi connectivity index (χ2v) is 1.75. The standard InChI is InChI=1S/C6H10N2/c1-2-6-3-7-5-8-4-6/h3-4,7H,2,5H2,1H3. The smallest absolute Gasteiger partial charge is 0.107 e. The molecule has 0 aliphatic carbocycles. The molecular formula is C6H10N2. The Hall–Kier alpha value is -0.790. The minimum Gasteiger partial charge on any atom is -0.372 e. The van der Waals surface area contributed by atoms with E-state index in [-0.39, 0.29) is 0 Å². The van der Waals surface area contributed by atoms with Crippen molar-refractivity contribution in [2.75, 3.05) is 6.67 Å². The number of aliphatic imine (C=N–C) groups is 1. The maximum absolute atomic E-state index is 4.02. The van der Waals surface area contributed by atoms with Gasteiger partial charge in [0, 0.05) is 12.4 Å². The second kappa shape index (κ2) is 2.50. The Morgan fingerprint density at radius 1 is 1.88 bits per heavy atom. The van der Waals surface area contributed by atoms with Crippen LogP contribution in [0.5, 0.6) is 0 Å².